The highest BCUT2D eigenvalue weighted by atomic mass is 32.1. The van der Waals surface area contributed by atoms with Gasteiger partial charge in [-0.25, -0.2) is 4.79 Å². The van der Waals surface area contributed by atoms with Gasteiger partial charge in [-0.3, -0.25) is 4.79 Å². The zero-order valence-corrected chi connectivity index (χ0v) is 11.0. The van der Waals surface area contributed by atoms with E-state index in [-0.39, 0.29) is 12.4 Å². The summed E-state index contributed by atoms with van der Waals surface area (Å²) in [5.74, 6) is -1.19. The van der Waals surface area contributed by atoms with E-state index in [0.29, 0.717) is 11.3 Å². The fourth-order valence-corrected chi connectivity index (χ4v) is 2.06. The zero-order valence-electron chi connectivity index (χ0n) is 10.1. The summed E-state index contributed by atoms with van der Waals surface area (Å²) in [7, 11) is 0. The fraction of sp³-hybridized carbons (Fsp3) is 0.500. The molecule has 5 heteroatoms. The number of rotatable bonds is 4. The molecule has 0 aliphatic heterocycles. The van der Waals surface area contributed by atoms with Gasteiger partial charge in [0.2, 0.25) is 0 Å². The molecular weight excluding hydrogens is 240 g/mol. The number of esters is 1. The number of ether oxygens (including phenoxy) is 1. The van der Waals surface area contributed by atoms with Crippen LogP contribution in [0.2, 0.25) is 0 Å². The van der Waals surface area contributed by atoms with E-state index in [9.17, 15) is 9.59 Å². The number of carboxylic acids is 1. The molecule has 0 unspecified atom stereocenters. The van der Waals surface area contributed by atoms with Gasteiger partial charge in [-0.15, -0.1) is 11.3 Å². The molecule has 17 heavy (non-hydrogen) atoms. The third kappa shape index (κ3) is 4.99. The number of aliphatic carboxylic acids is 1. The van der Waals surface area contributed by atoms with Crippen LogP contribution >= 0.6 is 11.3 Å². The van der Waals surface area contributed by atoms with Crippen LogP contribution in [-0.4, -0.2) is 22.6 Å². The molecule has 1 rings (SSSR count). The van der Waals surface area contributed by atoms with Gasteiger partial charge in [0.25, 0.3) is 0 Å². The average molecular weight is 256 g/mol. The van der Waals surface area contributed by atoms with Crippen LogP contribution in [0.25, 0.3) is 0 Å². The molecule has 94 valence electrons. The van der Waals surface area contributed by atoms with Gasteiger partial charge in [-0.2, -0.15) is 0 Å². The van der Waals surface area contributed by atoms with E-state index in [1.165, 1.54) is 11.3 Å². The van der Waals surface area contributed by atoms with E-state index in [1.54, 1.807) is 12.1 Å². The van der Waals surface area contributed by atoms with Crippen LogP contribution in [0.15, 0.2) is 12.1 Å². The van der Waals surface area contributed by atoms with Gasteiger partial charge >= 0.3 is 11.9 Å². The SMILES string of the molecule is CC(C)(C)OC(=O)c1ccc(CCC(=O)O)s1. The molecule has 0 spiro atoms. The van der Waals surface area contributed by atoms with Crippen molar-refractivity contribution in [3.8, 4) is 0 Å². The first-order valence-electron chi connectivity index (χ1n) is 5.32. The second kappa shape index (κ2) is 5.31. The Morgan fingerprint density at radius 3 is 2.53 bits per heavy atom. The van der Waals surface area contributed by atoms with Crippen LogP contribution in [0, 0.1) is 0 Å². The number of carbonyl (C=O) groups excluding carboxylic acids is 1. The summed E-state index contributed by atoms with van der Waals surface area (Å²) in [5, 5.41) is 8.56. The third-order valence-corrected chi connectivity index (χ3v) is 2.97. The molecule has 1 aromatic rings. The van der Waals surface area contributed by atoms with Crippen LogP contribution in [0.1, 0.15) is 41.7 Å². The van der Waals surface area contributed by atoms with Crippen molar-refractivity contribution in [2.24, 2.45) is 0 Å². The Morgan fingerprint density at radius 1 is 1.35 bits per heavy atom. The molecular formula is C12H16O4S. The molecule has 0 saturated carbocycles. The second-order valence-electron chi connectivity index (χ2n) is 4.66. The Hall–Kier alpha value is -1.36. The number of carbonyl (C=O) groups is 2. The molecule has 0 radical (unpaired) electrons. The van der Waals surface area contributed by atoms with E-state index in [1.807, 2.05) is 20.8 Å². The molecule has 4 nitrogen and oxygen atoms in total. The second-order valence-corrected chi connectivity index (χ2v) is 5.83. The van der Waals surface area contributed by atoms with Crippen LogP contribution in [0.4, 0.5) is 0 Å². The number of aryl methyl sites for hydroxylation is 1. The summed E-state index contributed by atoms with van der Waals surface area (Å²) in [6, 6.07) is 3.45. The highest BCUT2D eigenvalue weighted by Crippen LogP contribution is 2.21. The Morgan fingerprint density at radius 2 is 2.00 bits per heavy atom. The first kappa shape index (κ1) is 13.7. The molecule has 0 aliphatic rings. The van der Waals surface area contributed by atoms with Crippen molar-refractivity contribution in [2.75, 3.05) is 0 Å². The lowest BCUT2D eigenvalue weighted by Gasteiger charge is -2.18. The first-order valence-corrected chi connectivity index (χ1v) is 6.13. The minimum atomic E-state index is -0.836. The molecule has 0 aromatic carbocycles. The molecule has 0 atom stereocenters. The van der Waals surface area contributed by atoms with Gasteiger partial charge in [-0.05, 0) is 39.3 Å². The maximum atomic E-state index is 11.7. The lowest BCUT2D eigenvalue weighted by atomic mass is 10.2. The van der Waals surface area contributed by atoms with Crippen LogP contribution in [-0.2, 0) is 16.0 Å². The van der Waals surface area contributed by atoms with E-state index < -0.39 is 11.6 Å². The average Bonchev–Trinajstić information content (AvgIpc) is 2.60. The standard InChI is InChI=1S/C12H16O4S/c1-12(2,3)16-11(15)9-6-4-8(17-9)5-7-10(13)14/h4,6H,5,7H2,1-3H3,(H,13,14). The first-order chi connectivity index (χ1) is 7.78. The third-order valence-electron chi connectivity index (χ3n) is 1.85. The lowest BCUT2D eigenvalue weighted by molar-refractivity contribution is -0.136. The van der Waals surface area contributed by atoms with Crippen LogP contribution in [0.3, 0.4) is 0 Å². The van der Waals surface area contributed by atoms with E-state index in [0.717, 1.165) is 4.88 Å². The van der Waals surface area contributed by atoms with Crippen molar-refractivity contribution in [3.63, 3.8) is 0 Å². The van der Waals surface area contributed by atoms with Gasteiger partial charge < -0.3 is 9.84 Å². The highest BCUT2D eigenvalue weighted by molar-refractivity contribution is 7.13. The Balaban J connectivity index is 2.61. The van der Waals surface area contributed by atoms with Crippen molar-refractivity contribution < 1.29 is 19.4 Å². The normalized spacial score (nSPS) is 11.2. The number of hydrogen-bond acceptors (Lipinski definition) is 4. The summed E-state index contributed by atoms with van der Waals surface area (Å²) in [5.41, 5.74) is -0.512. The molecule has 0 bridgehead atoms. The van der Waals surface area contributed by atoms with Crippen molar-refractivity contribution in [2.45, 2.75) is 39.2 Å². The van der Waals surface area contributed by atoms with Crippen molar-refractivity contribution in [1.29, 1.82) is 0 Å². The Labute approximate surface area is 104 Å². The zero-order chi connectivity index (χ0) is 13.1. The predicted octanol–water partition coefficient (Wildman–Crippen LogP) is 2.72. The minimum Gasteiger partial charge on any atom is -0.481 e. The number of hydrogen-bond donors (Lipinski definition) is 1. The summed E-state index contributed by atoms with van der Waals surface area (Å²) in [6.45, 7) is 5.43. The smallest absolute Gasteiger partial charge is 0.348 e. The molecule has 0 aliphatic carbocycles. The summed E-state index contributed by atoms with van der Waals surface area (Å²) in [6.07, 6.45) is 0.525. The summed E-state index contributed by atoms with van der Waals surface area (Å²) >= 11 is 1.29. The molecule has 1 aromatic heterocycles. The highest BCUT2D eigenvalue weighted by Gasteiger charge is 2.19. The largest absolute Gasteiger partial charge is 0.481 e. The van der Waals surface area contributed by atoms with Crippen LogP contribution < -0.4 is 0 Å². The Bertz CT molecular complexity index is 414. The molecule has 1 N–H and O–H groups in total. The van der Waals surface area contributed by atoms with Gasteiger partial charge in [-0.1, -0.05) is 0 Å². The van der Waals surface area contributed by atoms with Crippen molar-refractivity contribution >= 4 is 23.3 Å². The van der Waals surface area contributed by atoms with Gasteiger partial charge in [0.1, 0.15) is 10.5 Å². The maximum absolute atomic E-state index is 11.7. The van der Waals surface area contributed by atoms with E-state index in [4.69, 9.17) is 9.84 Å². The summed E-state index contributed by atoms with van der Waals surface area (Å²) < 4.78 is 5.22. The van der Waals surface area contributed by atoms with Crippen LogP contribution in [0.5, 0.6) is 0 Å². The maximum Gasteiger partial charge on any atom is 0.348 e. The molecule has 0 saturated heterocycles. The predicted molar refractivity (Wildman–Crippen MR) is 65.4 cm³/mol. The van der Waals surface area contributed by atoms with Crippen molar-refractivity contribution in [1.82, 2.24) is 0 Å². The number of carboxylic acid groups (broad SMARTS) is 1. The quantitative estimate of drug-likeness (QED) is 0.841. The minimum absolute atomic E-state index is 0.0777. The monoisotopic (exact) mass is 256 g/mol. The molecule has 1 heterocycles. The van der Waals surface area contributed by atoms with Crippen molar-refractivity contribution in [3.05, 3.63) is 21.9 Å². The lowest BCUT2D eigenvalue weighted by Crippen LogP contribution is -2.23. The molecule has 0 amide bonds. The number of thiophene rings is 1. The van der Waals surface area contributed by atoms with Gasteiger partial charge in [0, 0.05) is 4.88 Å². The van der Waals surface area contributed by atoms with E-state index >= 15 is 0 Å². The topological polar surface area (TPSA) is 63.6 Å². The Kier molecular flexibility index (Phi) is 4.28. The fourth-order valence-electron chi connectivity index (χ4n) is 1.18. The van der Waals surface area contributed by atoms with E-state index in [2.05, 4.69) is 0 Å². The summed E-state index contributed by atoms with van der Waals surface area (Å²) in [4.78, 5) is 23.5. The molecule has 0 fully saturated rings. The van der Waals surface area contributed by atoms with Gasteiger partial charge in [0.15, 0.2) is 0 Å². The van der Waals surface area contributed by atoms with Gasteiger partial charge in [0.05, 0.1) is 6.42 Å².